The van der Waals surface area contributed by atoms with Crippen LogP contribution >= 0.6 is 0 Å². The van der Waals surface area contributed by atoms with E-state index in [1.165, 1.54) is 24.3 Å². The normalized spacial score (nSPS) is 29.2. The van der Waals surface area contributed by atoms with Crippen LogP contribution < -0.4 is 15.8 Å². The van der Waals surface area contributed by atoms with Gasteiger partial charge in [-0.2, -0.15) is 0 Å². The Balaban J connectivity index is 1.54. The molecule has 3 N–H and O–H groups in total. The highest BCUT2D eigenvalue weighted by atomic mass is 32.2. The lowest BCUT2D eigenvalue weighted by atomic mass is 9.83. The van der Waals surface area contributed by atoms with Crippen molar-refractivity contribution >= 4 is 27.6 Å². The van der Waals surface area contributed by atoms with Crippen LogP contribution in [0, 0.1) is 17.8 Å². The predicted molar refractivity (Wildman–Crippen MR) is 117 cm³/mol. The minimum atomic E-state index is -3.23. The number of likely N-dealkylation sites (tertiary alicyclic amines) is 1. The van der Waals surface area contributed by atoms with E-state index < -0.39 is 26.9 Å². The molecular formula is C22H29N3O6S. The van der Waals surface area contributed by atoms with Crippen molar-refractivity contribution in [1.82, 2.24) is 10.2 Å². The zero-order chi connectivity index (χ0) is 23.2. The van der Waals surface area contributed by atoms with Gasteiger partial charge >= 0.3 is 0 Å². The number of nitrogens with one attached hydrogen (secondary N) is 1. The number of benzene rings is 1. The summed E-state index contributed by atoms with van der Waals surface area (Å²) in [5.74, 6) is -0.795. The third kappa shape index (κ3) is 4.07. The van der Waals surface area contributed by atoms with Crippen LogP contribution in [0.3, 0.4) is 0 Å². The molecular weight excluding hydrogens is 434 g/mol. The van der Waals surface area contributed by atoms with Crippen LogP contribution in [0.15, 0.2) is 18.2 Å². The Morgan fingerprint density at radius 2 is 1.88 bits per heavy atom. The van der Waals surface area contributed by atoms with Gasteiger partial charge in [0.05, 0.1) is 23.8 Å². The van der Waals surface area contributed by atoms with E-state index in [9.17, 15) is 22.8 Å². The summed E-state index contributed by atoms with van der Waals surface area (Å²) in [6, 6.07) is 4.27. The van der Waals surface area contributed by atoms with E-state index >= 15 is 0 Å². The predicted octanol–water partition coefficient (Wildman–Crippen LogP) is 0.584. The minimum absolute atomic E-state index is 0.136. The number of hydrogen-bond donors (Lipinski definition) is 2. The molecule has 10 heteroatoms. The number of carbonyl (C=O) groups is 3. The average Bonchev–Trinajstić information content (AvgIpc) is 3.48. The Morgan fingerprint density at radius 1 is 1.16 bits per heavy atom. The molecule has 0 radical (unpaired) electrons. The molecule has 5 unspecified atom stereocenters. The number of primary amides is 1. The van der Waals surface area contributed by atoms with E-state index in [2.05, 4.69) is 5.32 Å². The van der Waals surface area contributed by atoms with Crippen LogP contribution in [-0.2, 0) is 14.6 Å². The third-order valence-electron chi connectivity index (χ3n) is 7.27. The summed E-state index contributed by atoms with van der Waals surface area (Å²) in [5, 5.41) is 2.40. The van der Waals surface area contributed by atoms with Gasteiger partial charge in [-0.05, 0) is 55.7 Å². The van der Waals surface area contributed by atoms with Crippen LogP contribution in [0.1, 0.15) is 46.4 Å². The molecule has 1 saturated heterocycles. The first-order chi connectivity index (χ1) is 15.1. The fraction of sp³-hybridized carbons (Fsp3) is 0.591. The van der Waals surface area contributed by atoms with Crippen molar-refractivity contribution in [2.75, 3.05) is 26.5 Å². The maximum Gasteiger partial charge on any atom is 0.255 e. The van der Waals surface area contributed by atoms with E-state index in [4.69, 9.17) is 10.5 Å². The standard InChI is InChI=1S/C22H29N3O6S/c1-31-17-6-5-14(22(28)25-8-7-15(11-25)32(2,29)30)10-16(17)21(27)24-19-13-4-3-12(9-13)18(19)20(23)26/h5-6,10,12-13,15,18-19H,3-4,7-9,11H2,1-2H3,(H2,23,26)(H,24,27). The van der Waals surface area contributed by atoms with Crippen LogP contribution in [-0.4, -0.2) is 68.8 Å². The van der Waals surface area contributed by atoms with Gasteiger partial charge in [-0.25, -0.2) is 8.42 Å². The third-order valence-corrected chi connectivity index (χ3v) is 8.87. The molecule has 1 aliphatic heterocycles. The van der Waals surface area contributed by atoms with Crippen molar-refractivity contribution in [2.45, 2.75) is 37.0 Å². The molecule has 2 bridgehead atoms. The summed E-state index contributed by atoms with van der Waals surface area (Å²) in [5.41, 5.74) is 6.09. The van der Waals surface area contributed by atoms with E-state index in [-0.39, 0.29) is 47.4 Å². The number of ether oxygens (including phenoxy) is 1. The largest absolute Gasteiger partial charge is 0.496 e. The molecule has 5 atom stereocenters. The summed E-state index contributed by atoms with van der Waals surface area (Å²) < 4.78 is 29.0. The lowest BCUT2D eigenvalue weighted by molar-refractivity contribution is -0.124. The molecule has 32 heavy (non-hydrogen) atoms. The first-order valence-electron chi connectivity index (χ1n) is 10.9. The second kappa shape index (κ2) is 8.38. The van der Waals surface area contributed by atoms with Gasteiger partial charge in [-0.15, -0.1) is 0 Å². The zero-order valence-corrected chi connectivity index (χ0v) is 19.1. The molecule has 4 rings (SSSR count). The second-order valence-corrected chi connectivity index (χ2v) is 11.5. The molecule has 3 aliphatic rings. The van der Waals surface area contributed by atoms with Gasteiger partial charge in [-0.1, -0.05) is 0 Å². The number of nitrogens with two attached hydrogens (primary N) is 1. The number of methoxy groups -OCH3 is 1. The van der Waals surface area contributed by atoms with Gasteiger partial charge in [0.1, 0.15) is 5.75 Å². The lowest BCUT2D eigenvalue weighted by Gasteiger charge is -2.29. The first-order valence-corrected chi connectivity index (χ1v) is 12.8. The van der Waals surface area contributed by atoms with Crippen LogP contribution in [0.5, 0.6) is 5.75 Å². The highest BCUT2D eigenvalue weighted by Crippen LogP contribution is 2.48. The molecule has 1 aromatic carbocycles. The van der Waals surface area contributed by atoms with Gasteiger partial charge in [0.2, 0.25) is 5.91 Å². The molecule has 2 aliphatic carbocycles. The fourth-order valence-corrected chi connectivity index (χ4v) is 6.58. The van der Waals surface area contributed by atoms with Crippen molar-refractivity contribution in [3.8, 4) is 5.75 Å². The topological polar surface area (TPSA) is 136 Å². The minimum Gasteiger partial charge on any atom is -0.496 e. The summed E-state index contributed by atoms with van der Waals surface area (Å²) in [6.07, 6.45) is 4.35. The molecule has 0 spiro atoms. The Labute approximate surface area is 187 Å². The molecule has 2 saturated carbocycles. The molecule has 174 valence electrons. The molecule has 1 heterocycles. The SMILES string of the molecule is COc1ccc(C(=O)N2CCC(S(C)(=O)=O)C2)cc1C(=O)NC1C2CCC(C2)C1C(N)=O. The van der Waals surface area contributed by atoms with Gasteiger partial charge < -0.3 is 20.7 Å². The smallest absolute Gasteiger partial charge is 0.255 e. The van der Waals surface area contributed by atoms with Crippen molar-refractivity contribution in [3.63, 3.8) is 0 Å². The number of sulfone groups is 1. The van der Waals surface area contributed by atoms with Gasteiger partial charge in [0.15, 0.2) is 9.84 Å². The van der Waals surface area contributed by atoms with E-state index in [1.54, 1.807) is 12.1 Å². The number of rotatable bonds is 6. The Hall–Kier alpha value is -2.62. The van der Waals surface area contributed by atoms with Crippen molar-refractivity contribution in [1.29, 1.82) is 0 Å². The maximum absolute atomic E-state index is 13.2. The molecule has 0 aromatic heterocycles. The summed E-state index contributed by atoms with van der Waals surface area (Å²) in [4.78, 5) is 39.6. The van der Waals surface area contributed by atoms with Crippen molar-refractivity contribution < 1.29 is 27.5 Å². The van der Waals surface area contributed by atoms with Gasteiger partial charge in [-0.3, -0.25) is 14.4 Å². The number of carbonyl (C=O) groups excluding carboxylic acids is 3. The van der Waals surface area contributed by atoms with E-state index in [1.807, 2.05) is 0 Å². The molecule has 9 nitrogen and oxygen atoms in total. The Morgan fingerprint density at radius 3 is 2.50 bits per heavy atom. The molecule has 1 aromatic rings. The maximum atomic E-state index is 13.2. The van der Waals surface area contributed by atoms with Gasteiger partial charge in [0.25, 0.3) is 11.8 Å². The van der Waals surface area contributed by atoms with E-state index in [0.717, 1.165) is 19.3 Å². The van der Waals surface area contributed by atoms with Crippen molar-refractivity contribution in [3.05, 3.63) is 29.3 Å². The van der Waals surface area contributed by atoms with Gasteiger partial charge in [0, 0.05) is 31.0 Å². The number of hydrogen-bond acceptors (Lipinski definition) is 6. The monoisotopic (exact) mass is 463 g/mol. The van der Waals surface area contributed by atoms with Crippen LogP contribution in [0.2, 0.25) is 0 Å². The molecule has 3 fully saturated rings. The van der Waals surface area contributed by atoms with E-state index in [0.29, 0.717) is 18.7 Å². The number of nitrogens with zero attached hydrogens (tertiary/aromatic N) is 1. The Bertz CT molecular complexity index is 1060. The second-order valence-electron chi connectivity index (χ2n) is 9.17. The summed E-state index contributed by atoms with van der Waals surface area (Å²) >= 11 is 0. The summed E-state index contributed by atoms with van der Waals surface area (Å²) in [7, 11) is -1.79. The number of amides is 3. The quantitative estimate of drug-likeness (QED) is 0.634. The van der Waals surface area contributed by atoms with Crippen LogP contribution in [0.4, 0.5) is 0 Å². The van der Waals surface area contributed by atoms with Crippen molar-refractivity contribution in [2.24, 2.45) is 23.5 Å². The molecule has 3 amide bonds. The van der Waals surface area contributed by atoms with Crippen LogP contribution in [0.25, 0.3) is 0 Å². The summed E-state index contributed by atoms with van der Waals surface area (Å²) in [6.45, 7) is 0.478. The zero-order valence-electron chi connectivity index (χ0n) is 18.2. The lowest BCUT2D eigenvalue weighted by Crippen LogP contribution is -2.48. The Kier molecular flexibility index (Phi) is 5.91. The highest BCUT2D eigenvalue weighted by molar-refractivity contribution is 7.91. The first kappa shape index (κ1) is 22.6. The average molecular weight is 464 g/mol. The number of fused-ring (bicyclic) bond motifs is 2. The highest BCUT2D eigenvalue weighted by Gasteiger charge is 2.50. The fourth-order valence-electron chi connectivity index (χ4n) is 5.60.